The molecule has 1 aliphatic rings. The highest BCUT2D eigenvalue weighted by molar-refractivity contribution is 9.18. The van der Waals surface area contributed by atoms with Gasteiger partial charge in [0.1, 0.15) is 4.62 Å². The van der Waals surface area contributed by atoms with Crippen molar-refractivity contribution in [2.24, 2.45) is 4.99 Å². The molecular weight excluding hydrogens is 248 g/mol. The second-order valence-corrected chi connectivity index (χ2v) is 3.91. The van der Waals surface area contributed by atoms with Crippen LogP contribution in [0.3, 0.4) is 0 Å². The Labute approximate surface area is 88.9 Å². The molecule has 0 N–H and O–H groups in total. The van der Waals surface area contributed by atoms with Gasteiger partial charge in [-0.2, -0.15) is 0 Å². The van der Waals surface area contributed by atoms with Gasteiger partial charge >= 0.3 is 0 Å². The van der Waals surface area contributed by atoms with E-state index in [4.69, 9.17) is 0 Å². The molecular formula is C9H7BrN2O2. The summed E-state index contributed by atoms with van der Waals surface area (Å²) in [6, 6.07) is 3.40. The van der Waals surface area contributed by atoms with Crippen LogP contribution in [0.2, 0.25) is 0 Å². The Balaban J connectivity index is 2.62. The third-order valence-corrected chi connectivity index (χ3v) is 2.91. The number of aliphatic imine (C=N–C) groups is 1. The van der Waals surface area contributed by atoms with Crippen LogP contribution in [-0.2, 0) is 6.54 Å². The third kappa shape index (κ3) is 1.33. The monoisotopic (exact) mass is 254 g/mol. The fraction of sp³-hybridized carbons (Fsp3) is 0.222. The van der Waals surface area contributed by atoms with Crippen LogP contribution in [0.25, 0.3) is 0 Å². The lowest BCUT2D eigenvalue weighted by atomic mass is 10.1. The number of halogens is 1. The third-order valence-electron chi connectivity index (χ3n) is 2.23. The van der Waals surface area contributed by atoms with E-state index < -0.39 is 0 Å². The van der Waals surface area contributed by atoms with Gasteiger partial charge in [0.25, 0.3) is 5.69 Å². The van der Waals surface area contributed by atoms with Crippen LogP contribution < -0.4 is 0 Å². The summed E-state index contributed by atoms with van der Waals surface area (Å²) >= 11 is 3.27. The zero-order valence-electron chi connectivity index (χ0n) is 7.45. The summed E-state index contributed by atoms with van der Waals surface area (Å²) in [7, 11) is 0. The second kappa shape index (κ2) is 3.16. The number of nitro groups is 1. The predicted octanol–water partition coefficient (Wildman–Crippen LogP) is 2.56. The van der Waals surface area contributed by atoms with Crippen molar-refractivity contribution in [3.05, 3.63) is 38.9 Å². The highest BCUT2D eigenvalue weighted by Crippen LogP contribution is 2.29. The summed E-state index contributed by atoms with van der Waals surface area (Å²) in [5, 5.41) is 10.7. The quantitative estimate of drug-likeness (QED) is 0.572. The minimum absolute atomic E-state index is 0.151. The van der Waals surface area contributed by atoms with Crippen molar-refractivity contribution in [2.45, 2.75) is 13.5 Å². The zero-order chi connectivity index (χ0) is 10.3. The molecule has 0 radical (unpaired) electrons. The van der Waals surface area contributed by atoms with Crippen molar-refractivity contribution in [1.82, 2.24) is 0 Å². The lowest BCUT2D eigenvalue weighted by Gasteiger charge is -2.01. The van der Waals surface area contributed by atoms with Gasteiger partial charge in [0.2, 0.25) is 0 Å². The van der Waals surface area contributed by atoms with E-state index in [2.05, 4.69) is 20.9 Å². The summed E-state index contributed by atoms with van der Waals surface area (Å²) in [5.74, 6) is 0. The van der Waals surface area contributed by atoms with E-state index in [-0.39, 0.29) is 10.6 Å². The van der Waals surface area contributed by atoms with Gasteiger partial charge in [-0.1, -0.05) is 0 Å². The molecule has 0 bridgehead atoms. The molecule has 1 aromatic rings. The Hall–Kier alpha value is -1.23. The average Bonchev–Trinajstić information content (AvgIpc) is 2.46. The molecule has 1 aromatic carbocycles. The topological polar surface area (TPSA) is 55.5 Å². The fourth-order valence-electron chi connectivity index (χ4n) is 1.52. The molecule has 0 spiro atoms. The van der Waals surface area contributed by atoms with Crippen LogP contribution in [0.1, 0.15) is 16.7 Å². The van der Waals surface area contributed by atoms with E-state index in [1.807, 2.05) is 6.07 Å². The fourth-order valence-corrected chi connectivity index (χ4v) is 2.01. The van der Waals surface area contributed by atoms with Crippen LogP contribution in [0.4, 0.5) is 5.69 Å². The van der Waals surface area contributed by atoms with Crippen LogP contribution >= 0.6 is 15.9 Å². The van der Waals surface area contributed by atoms with Crippen LogP contribution in [0.15, 0.2) is 17.1 Å². The lowest BCUT2D eigenvalue weighted by Crippen LogP contribution is -1.96. The van der Waals surface area contributed by atoms with E-state index in [9.17, 15) is 10.1 Å². The van der Waals surface area contributed by atoms with Gasteiger partial charge in [0, 0.05) is 17.2 Å². The van der Waals surface area contributed by atoms with Gasteiger partial charge < -0.3 is 0 Å². The zero-order valence-corrected chi connectivity index (χ0v) is 9.04. The number of fused-ring (bicyclic) bond motifs is 1. The number of hydrogen-bond acceptors (Lipinski definition) is 3. The smallest absolute Gasteiger partial charge is 0.272 e. The maximum absolute atomic E-state index is 10.7. The molecule has 4 nitrogen and oxygen atoms in total. The van der Waals surface area contributed by atoms with Crippen LogP contribution in [0.5, 0.6) is 0 Å². The SMILES string of the molecule is Cc1cc2c(cc1[N+](=O)[O-])C(Br)=NC2. The highest BCUT2D eigenvalue weighted by atomic mass is 79.9. The van der Waals surface area contributed by atoms with Gasteiger partial charge in [0.05, 0.1) is 11.5 Å². The molecule has 14 heavy (non-hydrogen) atoms. The summed E-state index contributed by atoms with van der Waals surface area (Å²) in [6.07, 6.45) is 0. The van der Waals surface area contributed by atoms with Crippen LogP contribution in [-0.4, -0.2) is 9.54 Å². The van der Waals surface area contributed by atoms with Crippen LogP contribution in [0, 0.1) is 17.0 Å². The molecule has 0 saturated heterocycles. The summed E-state index contributed by atoms with van der Waals surface area (Å²) in [5.41, 5.74) is 2.71. The molecule has 0 aromatic heterocycles. The molecule has 0 atom stereocenters. The Morgan fingerprint density at radius 1 is 1.57 bits per heavy atom. The van der Waals surface area contributed by atoms with E-state index in [0.29, 0.717) is 16.7 Å². The largest absolute Gasteiger partial charge is 0.273 e. The normalized spacial score (nSPS) is 13.7. The van der Waals surface area contributed by atoms with Crippen molar-refractivity contribution in [2.75, 3.05) is 0 Å². The number of benzene rings is 1. The van der Waals surface area contributed by atoms with Gasteiger partial charge in [-0.15, -0.1) is 0 Å². The molecule has 0 unspecified atom stereocenters. The average molecular weight is 255 g/mol. The molecule has 0 fully saturated rings. The standard InChI is InChI=1S/C9H7BrN2O2/c1-5-2-6-4-11-9(10)7(6)3-8(5)12(13)14/h2-3H,4H2,1H3. The van der Waals surface area contributed by atoms with Crippen molar-refractivity contribution in [1.29, 1.82) is 0 Å². The molecule has 0 aliphatic carbocycles. The first-order valence-electron chi connectivity index (χ1n) is 4.08. The minimum Gasteiger partial charge on any atom is -0.272 e. The maximum atomic E-state index is 10.7. The number of nitro benzene ring substituents is 1. The van der Waals surface area contributed by atoms with E-state index in [1.165, 1.54) is 0 Å². The Kier molecular flexibility index (Phi) is 2.11. The second-order valence-electron chi connectivity index (χ2n) is 3.16. The van der Waals surface area contributed by atoms with Crippen molar-refractivity contribution >= 4 is 26.2 Å². The molecule has 72 valence electrons. The first kappa shape index (κ1) is 9.33. The Morgan fingerprint density at radius 3 is 2.93 bits per heavy atom. The van der Waals surface area contributed by atoms with Gasteiger partial charge in [-0.3, -0.25) is 15.1 Å². The van der Waals surface area contributed by atoms with Crippen molar-refractivity contribution < 1.29 is 4.92 Å². The van der Waals surface area contributed by atoms with E-state index >= 15 is 0 Å². The molecule has 0 amide bonds. The first-order valence-corrected chi connectivity index (χ1v) is 4.87. The first-order chi connectivity index (χ1) is 6.59. The number of nitrogens with zero attached hydrogens (tertiary/aromatic N) is 2. The lowest BCUT2D eigenvalue weighted by molar-refractivity contribution is -0.385. The number of aryl methyl sites for hydroxylation is 1. The summed E-state index contributed by atoms with van der Waals surface area (Å²) in [4.78, 5) is 14.5. The van der Waals surface area contributed by atoms with Gasteiger partial charge in [-0.25, -0.2) is 0 Å². The number of rotatable bonds is 1. The van der Waals surface area contributed by atoms with E-state index in [0.717, 1.165) is 11.1 Å². The maximum Gasteiger partial charge on any atom is 0.273 e. The summed E-state index contributed by atoms with van der Waals surface area (Å²) < 4.78 is 0.704. The highest BCUT2D eigenvalue weighted by Gasteiger charge is 2.20. The van der Waals surface area contributed by atoms with Gasteiger partial charge in [-0.05, 0) is 34.5 Å². The molecule has 1 aliphatic heterocycles. The Bertz CT molecular complexity index is 454. The van der Waals surface area contributed by atoms with Crippen molar-refractivity contribution in [3.8, 4) is 0 Å². The van der Waals surface area contributed by atoms with E-state index in [1.54, 1.807) is 13.0 Å². The molecule has 1 heterocycles. The number of hydrogen-bond donors (Lipinski definition) is 0. The van der Waals surface area contributed by atoms with Crippen molar-refractivity contribution in [3.63, 3.8) is 0 Å². The predicted molar refractivity (Wildman–Crippen MR) is 57.0 cm³/mol. The summed E-state index contributed by atoms with van der Waals surface area (Å²) in [6.45, 7) is 2.35. The Morgan fingerprint density at radius 2 is 2.29 bits per heavy atom. The molecule has 0 saturated carbocycles. The van der Waals surface area contributed by atoms with Gasteiger partial charge in [0.15, 0.2) is 0 Å². The minimum atomic E-state index is -0.367. The molecule has 2 rings (SSSR count). The molecule has 5 heteroatoms.